The number of methoxy groups -OCH3 is 1. The molecule has 0 spiro atoms. The highest BCUT2D eigenvalue weighted by molar-refractivity contribution is 7.89. The predicted octanol–water partition coefficient (Wildman–Crippen LogP) is 4.20. The number of unbranched alkanes of at least 4 members (excludes halogenated alkanes) is 1. The van der Waals surface area contributed by atoms with Crippen LogP contribution in [0.1, 0.15) is 25.3 Å². The van der Waals surface area contributed by atoms with E-state index < -0.39 is 50.7 Å². The Labute approximate surface area is 230 Å². The van der Waals surface area contributed by atoms with Gasteiger partial charge in [-0.25, -0.2) is 27.1 Å². The summed E-state index contributed by atoms with van der Waals surface area (Å²) in [5, 5.41) is 5.21. The number of sulfonamides is 1. The summed E-state index contributed by atoms with van der Waals surface area (Å²) in [6.45, 7) is 1.85. The van der Waals surface area contributed by atoms with Gasteiger partial charge >= 0.3 is 18.3 Å². The van der Waals surface area contributed by atoms with Gasteiger partial charge in [-0.3, -0.25) is 5.32 Å². The van der Waals surface area contributed by atoms with E-state index in [0.29, 0.717) is 24.4 Å². The summed E-state index contributed by atoms with van der Waals surface area (Å²) < 4.78 is 90.6. The van der Waals surface area contributed by atoms with Crippen molar-refractivity contribution < 1.29 is 45.0 Å². The molecule has 0 heterocycles. The van der Waals surface area contributed by atoms with Crippen LogP contribution in [0, 0.1) is 5.82 Å². The Balaban J connectivity index is 1.97. The molecule has 0 aliphatic heterocycles. The second-order valence-corrected chi connectivity index (χ2v) is 10.2. The molecule has 0 fully saturated rings. The molecule has 0 unspecified atom stereocenters. The molecular formula is C25H32F4N4O6S. The van der Waals surface area contributed by atoms with Gasteiger partial charge in [-0.05, 0) is 50.1 Å². The highest BCUT2D eigenvalue weighted by Crippen LogP contribution is 2.34. The number of rotatable bonds is 14. The molecule has 0 aliphatic carbocycles. The maximum Gasteiger partial charge on any atom is 0.417 e. The van der Waals surface area contributed by atoms with E-state index in [4.69, 9.17) is 9.47 Å². The summed E-state index contributed by atoms with van der Waals surface area (Å²) in [6.07, 6.45) is -6.25. The van der Waals surface area contributed by atoms with E-state index in [1.807, 2.05) is 0 Å². The van der Waals surface area contributed by atoms with Crippen molar-refractivity contribution in [2.24, 2.45) is 0 Å². The van der Waals surface area contributed by atoms with Gasteiger partial charge in [0.05, 0.1) is 23.6 Å². The molecule has 1 atom stereocenters. The van der Waals surface area contributed by atoms with Crippen LogP contribution in [0.2, 0.25) is 0 Å². The highest BCUT2D eigenvalue weighted by Gasteiger charge is 2.37. The first-order valence-corrected chi connectivity index (χ1v) is 13.8. The fourth-order valence-corrected chi connectivity index (χ4v) is 4.86. The average molecular weight is 593 g/mol. The number of hydrogen-bond donors (Lipinski definition) is 3. The van der Waals surface area contributed by atoms with Gasteiger partial charge in [0.25, 0.3) is 0 Å². The van der Waals surface area contributed by atoms with Crippen LogP contribution in [0.4, 0.5) is 32.8 Å². The van der Waals surface area contributed by atoms with Crippen molar-refractivity contribution in [1.82, 2.24) is 14.9 Å². The van der Waals surface area contributed by atoms with Gasteiger partial charge in [0.2, 0.25) is 10.0 Å². The monoisotopic (exact) mass is 592 g/mol. The Bertz CT molecular complexity index is 1220. The van der Waals surface area contributed by atoms with Crippen LogP contribution in [0.15, 0.2) is 53.4 Å². The third-order valence-corrected chi connectivity index (χ3v) is 6.89. The van der Waals surface area contributed by atoms with Gasteiger partial charge in [-0.2, -0.15) is 13.2 Å². The first kappa shape index (κ1) is 32.8. The van der Waals surface area contributed by atoms with Crippen molar-refractivity contribution in [3.63, 3.8) is 0 Å². The molecule has 0 bridgehead atoms. The summed E-state index contributed by atoms with van der Waals surface area (Å²) in [7, 11) is -3.19. The van der Waals surface area contributed by atoms with E-state index in [1.165, 1.54) is 12.0 Å². The lowest BCUT2D eigenvalue weighted by Crippen LogP contribution is -2.46. The Morgan fingerprint density at radius 1 is 1.07 bits per heavy atom. The number of nitrogens with zero attached hydrogens (tertiary/aromatic N) is 1. The Hall–Kier alpha value is -3.43. The van der Waals surface area contributed by atoms with Crippen molar-refractivity contribution in [2.45, 2.75) is 36.9 Å². The van der Waals surface area contributed by atoms with E-state index >= 15 is 0 Å². The third-order valence-electron chi connectivity index (χ3n) is 5.37. The van der Waals surface area contributed by atoms with Gasteiger partial charge < -0.3 is 19.7 Å². The van der Waals surface area contributed by atoms with Gasteiger partial charge in [-0.15, -0.1) is 0 Å². The molecule has 0 radical (unpaired) electrons. The van der Waals surface area contributed by atoms with Crippen LogP contribution in [-0.2, 0) is 25.7 Å². The number of para-hydroxylation sites is 1. The molecule has 40 heavy (non-hydrogen) atoms. The zero-order chi connectivity index (χ0) is 29.8. The summed E-state index contributed by atoms with van der Waals surface area (Å²) in [5.74, 6) is -1.22. The number of anilines is 1. The normalized spacial score (nSPS) is 12.4. The topological polar surface area (TPSA) is 126 Å². The smallest absolute Gasteiger partial charge is 0.417 e. The van der Waals surface area contributed by atoms with E-state index in [-0.39, 0.29) is 45.1 Å². The van der Waals surface area contributed by atoms with Crippen molar-refractivity contribution in [1.29, 1.82) is 0 Å². The molecule has 0 saturated carbocycles. The van der Waals surface area contributed by atoms with Crippen molar-refractivity contribution in [3.8, 4) is 0 Å². The van der Waals surface area contributed by atoms with E-state index in [2.05, 4.69) is 15.4 Å². The lowest BCUT2D eigenvalue weighted by atomic mass is 10.2. The number of halogens is 4. The van der Waals surface area contributed by atoms with Crippen LogP contribution in [0.3, 0.4) is 0 Å². The van der Waals surface area contributed by atoms with Crippen LogP contribution in [-0.4, -0.2) is 71.4 Å². The van der Waals surface area contributed by atoms with Crippen molar-refractivity contribution in [2.75, 3.05) is 45.2 Å². The minimum atomic E-state index is -5.07. The summed E-state index contributed by atoms with van der Waals surface area (Å²) in [6, 6.07) is 9.43. The number of hydrogen-bond acceptors (Lipinski definition) is 6. The molecule has 0 aromatic heterocycles. The van der Waals surface area contributed by atoms with Gasteiger partial charge in [0.1, 0.15) is 11.9 Å². The molecule has 0 aliphatic rings. The quantitative estimate of drug-likeness (QED) is 0.223. The fourth-order valence-electron chi connectivity index (χ4n) is 3.58. The molecule has 3 N–H and O–H groups in total. The second-order valence-electron chi connectivity index (χ2n) is 8.50. The lowest BCUT2D eigenvalue weighted by molar-refractivity contribution is -0.140. The van der Waals surface area contributed by atoms with Crippen LogP contribution in [0.5, 0.6) is 0 Å². The number of carbonyl (C=O) groups excluding carboxylic acids is 2. The zero-order valence-corrected chi connectivity index (χ0v) is 22.8. The van der Waals surface area contributed by atoms with Crippen LogP contribution in [0.25, 0.3) is 0 Å². The lowest BCUT2D eigenvalue weighted by Gasteiger charge is -2.27. The SMILES string of the molecule is CCNC(=O)N(CCCCNS(=O)(=O)c1ccc(F)cc1C(F)(F)F)C[C@H](COC)OC(=O)Nc1ccccc1. The number of ether oxygens (including phenoxy) is 2. The summed E-state index contributed by atoms with van der Waals surface area (Å²) in [4.78, 5) is 25.2. The number of amides is 3. The number of alkyl halides is 3. The number of nitrogens with one attached hydrogen (secondary N) is 3. The Kier molecular flexibility index (Phi) is 12.6. The fraction of sp³-hybridized carbons (Fsp3) is 0.440. The maximum absolute atomic E-state index is 13.3. The minimum absolute atomic E-state index is 0.0167. The van der Waals surface area contributed by atoms with E-state index in [0.717, 1.165) is 0 Å². The summed E-state index contributed by atoms with van der Waals surface area (Å²) >= 11 is 0. The second kappa shape index (κ2) is 15.4. The largest absolute Gasteiger partial charge is 0.442 e. The molecule has 222 valence electrons. The van der Waals surface area contributed by atoms with E-state index in [9.17, 15) is 35.6 Å². The summed E-state index contributed by atoms with van der Waals surface area (Å²) in [5.41, 5.74) is -1.10. The highest BCUT2D eigenvalue weighted by atomic mass is 32.2. The number of benzene rings is 2. The maximum atomic E-state index is 13.3. The van der Waals surface area contributed by atoms with Crippen LogP contribution >= 0.6 is 0 Å². The molecule has 0 saturated heterocycles. The van der Waals surface area contributed by atoms with Gasteiger partial charge in [0, 0.05) is 32.4 Å². The molecule has 15 heteroatoms. The number of urea groups is 1. The first-order chi connectivity index (χ1) is 18.9. The molecular weight excluding hydrogens is 560 g/mol. The van der Waals surface area contributed by atoms with Crippen molar-refractivity contribution >= 4 is 27.8 Å². The molecule has 3 amide bonds. The van der Waals surface area contributed by atoms with Gasteiger partial charge in [0.15, 0.2) is 0 Å². The molecule has 2 aromatic carbocycles. The van der Waals surface area contributed by atoms with Crippen LogP contribution < -0.4 is 15.4 Å². The zero-order valence-electron chi connectivity index (χ0n) is 22.0. The van der Waals surface area contributed by atoms with E-state index in [1.54, 1.807) is 37.3 Å². The number of carbonyl (C=O) groups is 2. The van der Waals surface area contributed by atoms with Crippen molar-refractivity contribution in [3.05, 3.63) is 59.9 Å². The molecule has 2 rings (SSSR count). The van der Waals surface area contributed by atoms with Gasteiger partial charge in [-0.1, -0.05) is 18.2 Å². The Morgan fingerprint density at radius 2 is 1.77 bits per heavy atom. The molecule has 2 aromatic rings. The third kappa shape index (κ3) is 10.6. The first-order valence-electron chi connectivity index (χ1n) is 12.3. The Morgan fingerprint density at radius 3 is 2.40 bits per heavy atom. The predicted molar refractivity (Wildman–Crippen MR) is 139 cm³/mol. The standard InChI is InChI=1S/C25H32F4N4O6S/c1-3-30-23(34)33(16-20(17-38-2)39-24(35)32-19-9-5-4-6-10-19)14-8-7-13-31-40(36,37)22-12-11-18(26)15-21(22)25(27,28)29/h4-6,9-12,15,20,31H,3,7-8,13-14,16-17H2,1-2H3,(H,30,34)(H,32,35)/t20-/m1/s1. The molecule has 10 nitrogen and oxygen atoms in total. The average Bonchev–Trinajstić information content (AvgIpc) is 2.87. The minimum Gasteiger partial charge on any atom is -0.442 e.